The Morgan fingerprint density at radius 3 is 2.77 bits per heavy atom. The number of nitrogens with one attached hydrogen (secondary N) is 1. The zero-order valence-corrected chi connectivity index (χ0v) is 15.7. The number of carbonyl (C=O) groups excluding carboxylic acids is 1. The van der Waals surface area contributed by atoms with Crippen LogP contribution in [0.5, 0.6) is 0 Å². The van der Waals surface area contributed by atoms with Crippen LogP contribution in [0.25, 0.3) is 0 Å². The molecule has 4 nitrogen and oxygen atoms in total. The first-order chi connectivity index (χ1) is 12.7. The summed E-state index contributed by atoms with van der Waals surface area (Å²) in [6, 6.07) is 18.5. The number of amides is 1. The molecule has 6 heteroatoms. The Balaban J connectivity index is 1.71. The van der Waals surface area contributed by atoms with Gasteiger partial charge < -0.3 is 10.1 Å². The van der Waals surface area contributed by atoms with Crippen LogP contribution in [-0.2, 0) is 11.3 Å². The van der Waals surface area contributed by atoms with Crippen molar-refractivity contribution in [1.29, 1.82) is 0 Å². The van der Waals surface area contributed by atoms with Crippen LogP contribution < -0.4 is 5.32 Å². The van der Waals surface area contributed by atoms with Crippen LogP contribution in [0.3, 0.4) is 0 Å². The Kier molecular flexibility index (Phi) is 6.28. The molecule has 0 unspecified atom stereocenters. The Morgan fingerprint density at radius 1 is 1.15 bits per heavy atom. The van der Waals surface area contributed by atoms with Crippen molar-refractivity contribution in [2.75, 3.05) is 12.4 Å². The topological polar surface area (TPSA) is 51.2 Å². The maximum Gasteiger partial charge on any atom is 0.255 e. The highest BCUT2D eigenvalue weighted by Crippen LogP contribution is 2.33. The second-order valence-corrected chi connectivity index (χ2v) is 6.97. The van der Waals surface area contributed by atoms with Crippen LogP contribution in [0.15, 0.2) is 76.8 Å². The number of hydrogen-bond acceptors (Lipinski definition) is 4. The lowest BCUT2D eigenvalue weighted by Crippen LogP contribution is -2.12. The van der Waals surface area contributed by atoms with Crippen molar-refractivity contribution in [1.82, 2.24) is 4.98 Å². The van der Waals surface area contributed by atoms with Crippen molar-refractivity contribution >= 4 is 35.0 Å². The highest BCUT2D eigenvalue weighted by atomic mass is 35.5. The average molecular weight is 385 g/mol. The summed E-state index contributed by atoms with van der Waals surface area (Å²) in [6.07, 6.45) is 1.74. The first kappa shape index (κ1) is 18.5. The third-order valence-electron chi connectivity index (χ3n) is 3.54. The van der Waals surface area contributed by atoms with Gasteiger partial charge in [0.25, 0.3) is 5.91 Å². The number of pyridine rings is 1. The number of methoxy groups -OCH3 is 1. The van der Waals surface area contributed by atoms with Crippen molar-refractivity contribution in [3.8, 4) is 0 Å². The summed E-state index contributed by atoms with van der Waals surface area (Å²) in [4.78, 5) is 17.6. The summed E-state index contributed by atoms with van der Waals surface area (Å²) in [5.41, 5.74) is 2.16. The van der Waals surface area contributed by atoms with Crippen LogP contribution in [0, 0.1) is 0 Å². The number of benzene rings is 2. The molecule has 0 spiro atoms. The quantitative estimate of drug-likeness (QED) is 0.627. The number of halogens is 1. The molecule has 1 aromatic heterocycles. The van der Waals surface area contributed by atoms with E-state index in [-0.39, 0.29) is 5.91 Å². The van der Waals surface area contributed by atoms with Crippen LogP contribution in [-0.4, -0.2) is 18.0 Å². The Hall–Kier alpha value is -2.34. The van der Waals surface area contributed by atoms with Gasteiger partial charge in [0.15, 0.2) is 0 Å². The minimum Gasteiger partial charge on any atom is -0.380 e. The van der Waals surface area contributed by atoms with Gasteiger partial charge in [0, 0.05) is 29.5 Å². The van der Waals surface area contributed by atoms with E-state index in [0.29, 0.717) is 22.9 Å². The van der Waals surface area contributed by atoms with Crippen LogP contribution >= 0.6 is 23.4 Å². The average Bonchev–Trinajstić information content (AvgIpc) is 2.65. The maximum absolute atomic E-state index is 12.4. The molecule has 0 aliphatic heterocycles. The van der Waals surface area contributed by atoms with Crippen molar-refractivity contribution in [3.05, 3.63) is 83.0 Å². The van der Waals surface area contributed by atoms with E-state index in [4.69, 9.17) is 16.3 Å². The monoisotopic (exact) mass is 384 g/mol. The molecule has 1 N–H and O–H groups in total. The Labute approximate surface area is 161 Å². The van der Waals surface area contributed by atoms with E-state index < -0.39 is 0 Å². The van der Waals surface area contributed by atoms with Gasteiger partial charge >= 0.3 is 0 Å². The molecule has 0 saturated heterocycles. The summed E-state index contributed by atoms with van der Waals surface area (Å²) in [7, 11) is 1.62. The highest BCUT2D eigenvalue weighted by Gasteiger charge is 2.09. The summed E-state index contributed by atoms with van der Waals surface area (Å²) < 4.78 is 5.10. The third-order valence-corrected chi connectivity index (χ3v) is 4.99. The minimum atomic E-state index is -0.191. The molecule has 0 aliphatic carbocycles. The van der Waals surface area contributed by atoms with Crippen molar-refractivity contribution < 1.29 is 9.53 Å². The zero-order chi connectivity index (χ0) is 18.4. The predicted molar refractivity (Wildman–Crippen MR) is 105 cm³/mol. The molecule has 1 heterocycles. The van der Waals surface area contributed by atoms with Gasteiger partial charge in [-0.25, -0.2) is 4.98 Å². The van der Waals surface area contributed by atoms with E-state index in [9.17, 15) is 4.79 Å². The summed E-state index contributed by atoms with van der Waals surface area (Å²) in [5.74, 6) is -0.191. The van der Waals surface area contributed by atoms with E-state index in [1.54, 1.807) is 25.4 Å². The zero-order valence-electron chi connectivity index (χ0n) is 14.1. The third kappa shape index (κ3) is 4.85. The lowest BCUT2D eigenvalue weighted by molar-refractivity contribution is 0.102. The van der Waals surface area contributed by atoms with Crippen molar-refractivity contribution in [3.63, 3.8) is 0 Å². The molecule has 0 aliphatic rings. The van der Waals surface area contributed by atoms with Gasteiger partial charge in [-0.3, -0.25) is 4.79 Å². The number of aromatic nitrogens is 1. The standard InChI is InChI=1S/C20H17ClN2O2S/c1-25-13-14-5-4-6-15(11-14)20(24)23-16-8-9-18(17(21)12-16)26-19-7-2-3-10-22-19/h2-12H,13H2,1H3,(H,23,24). The van der Waals surface area contributed by atoms with E-state index in [1.807, 2.05) is 48.5 Å². The number of ether oxygens (including phenoxy) is 1. The second kappa shape index (κ2) is 8.85. The molecule has 1 amide bonds. The highest BCUT2D eigenvalue weighted by molar-refractivity contribution is 7.99. The van der Waals surface area contributed by atoms with E-state index in [2.05, 4.69) is 10.3 Å². The van der Waals surface area contributed by atoms with Gasteiger partial charge in [-0.05, 0) is 48.0 Å². The Morgan fingerprint density at radius 2 is 2.04 bits per heavy atom. The largest absolute Gasteiger partial charge is 0.380 e. The number of carbonyl (C=O) groups is 1. The smallest absolute Gasteiger partial charge is 0.255 e. The molecule has 0 saturated carbocycles. The van der Waals surface area contributed by atoms with E-state index in [1.165, 1.54) is 11.8 Å². The lowest BCUT2D eigenvalue weighted by atomic mass is 10.1. The summed E-state index contributed by atoms with van der Waals surface area (Å²) >= 11 is 7.83. The van der Waals surface area contributed by atoms with Gasteiger partial charge in [-0.2, -0.15) is 0 Å². The summed E-state index contributed by atoms with van der Waals surface area (Å²) in [6.45, 7) is 0.465. The molecule has 3 aromatic rings. The van der Waals surface area contributed by atoms with Crippen LogP contribution in [0.4, 0.5) is 5.69 Å². The van der Waals surface area contributed by atoms with Gasteiger partial charge in [0.2, 0.25) is 0 Å². The molecule has 0 atom stereocenters. The number of anilines is 1. The van der Waals surface area contributed by atoms with Crippen molar-refractivity contribution in [2.24, 2.45) is 0 Å². The first-order valence-electron chi connectivity index (χ1n) is 7.93. The minimum absolute atomic E-state index is 0.191. The molecular formula is C20H17ClN2O2S. The fourth-order valence-electron chi connectivity index (χ4n) is 2.35. The van der Waals surface area contributed by atoms with E-state index >= 15 is 0 Å². The van der Waals surface area contributed by atoms with Gasteiger partial charge in [-0.1, -0.05) is 41.6 Å². The number of rotatable bonds is 6. The Bertz CT molecular complexity index is 903. The fourth-order valence-corrected chi connectivity index (χ4v) is 3.43. The molecule has 3 rings (SSSR count). The molecule has 2 aromatic carbocycles. The summed E-state index contributed by atoms with van der Waals surface area (Å²) in [5, 5.41) is 4.29. The second-order valence-electron chi connectivity index (χ2n) is 5.50. The SMILES string of the molecule is COCc1cccc(C(=O)Nc2ccc(Sc3ccccn3)c(Cl)c2)c1. The maximum atomic E-state index is 12.4. The molecule has 26 heavy (non-hydrogen) atoms. The van der Waals surface area contributed by atoms with Gasteiger partial charge in [0.05, 0.1) is 11.6 Å². The van der Waals surface area contributed by atoms with Gasteiger partial charge in [-0.15, -0.1) is 0 Å². The molecule has 0 bridgehead atoms. The molecule has 0 fully saturated rings. The molecule has 132 valence electrons. The van der Waals surface area contributed by atoms with Crippen molar-refractivity contribution in [2.45, 2.75) is 16.5 Å². The molecular weight excluding hydrogens is 368 g/mol. The number of hydrogen-bond donors (Lipinski definition) is 1. The predicted octanol–water partition coefficient (Wildman–Crippen LogP) is 5.28. The lowest BCUT2D eigenvalue weighted by Gasteiger charge is -2.09. The van der Waals surface area contributed by atoms with Gasteiger partial charge in [0.1, 0.15) is 5.03 Å². The fraction of sp³-hybridized carbons (Fsp3) is 0.100. The molecule has 0 radical (unpaired) electrons. The van der Waals surface area contributed by atoms with E-state index in [0.717, 1.165) is 15.5 Å². The van der Waals surface area contributed by atoms with Crippen LogP contribution in [0.2, 0.25) is 5.02 Å². The van der Waals surface area contributed by atoms with Crippen LogP contribution in [0.1, 0.15) is 15.9 Å². The number of nitrogens with zero attached hydrogens (tertiary/aromatic N) is 1. The first-order valence-corrected chi connectivity index (χ1v) is 9.13. The normalized spacial score (nSPS) is 10.5.